The summed E-state index contributed by atoms with van der Waals surface area (Å²) in [6, 6.07) is 15.6. The van der Waals surface area contributed by atoms with E-state index in [1.165, 1.54) is 87.3 Å². The van der Waals surface area contributed by atoms with Crippen molar-refractivity contribution in [2.24, 2.45) is 17.8 Å². The molecular weight excluding hydrogens is 427 g/mol. The molecule has 2 fully saturated rings. The van der Waals surface area contributed by atoms with Gasteiger partial charge in [-0.05, 0) is 141 Å². The average Bonchev–Trinajstić information content (AvgIpc) is 2.93. The summed E-state index contributed by atoms with van der Waals surface area (Å²) in [4.78, 5) is 0. The summed E-state index contributed by atoms with van der Waals surface area (Å²) in [5.74, 6) is 3.68. The fourth-order valence-corrected chi connectivity index (χ4v) is 7.23. The van der Waals surface area contributed by atoms with Crippen LogP contribution < -0.4 is 0 Å². The molecule has 186 valence electrons. The lowest BCUT2D eigenvalue weighted by atomic mass is 9.70. The predicted molar refractivity (Wildman–Crippen MR) is 147 cm³/mol. The highest BCUT2D eigenvalue weighted by Crippen LogP contribution is 2.44. The van der Waals surface area contributed by atoms with Gasteiger partial charge in [-0.3, -0.25) is 0 Å². The second-order valence-corrected chi connectivity index (χ2v) is 11.5. The van der Waals surface area contributed by atoms with Crippen molar-refractivity contribution < 1.29 is 4.39 Å². The van der Waals surface area contributed by atoms with Gasteiger partial charge in [0.05, 0.1) is 0 Å². The van der Waals surface area contributed by atoms with Gasteiger partial charge in [-0.1, -0.05) is 55.5 Å². The third kappa shape index (κ3) is 5.65. The van der Waals surface area contributed by atoms with Crippen molar-refractivity contribution in [2.45, 2.75) is 95.8 Å². The molecule has 0 nitrogen and oxygen atoms in total. The van der Waals surface area contributed by atoms with Gasteiger partial charge in [0.1, 0.15) is 5.82 Å². The van der Waals surface area contributed by atoms with Gasteiger partial charge in [-0.2, -0.15) is 0 Å². The number of benzene rings is 2. The number of halogens is 1. The number of hydrogen-bond acceptors (Lipinski definition) is 0. The molecule has 3 aliphatic carbocycles. The normalized spacial score (nSPS) is 29.4. The predicted octanol–water partition coefficient (Wildman–Crippen LogP) is 10.0. The monoisotopic (exact) mass is 470 g/mol. The Morgan fingerprint density at radius 3 is 2.06 bits per heavy atom. The van der Waals surface area contributed by atoms with E-state index in [0.717, 1.165) is 35.7 Å². The van der Waals surface area contributed by atoms with Crippen LogP contribution in [0.15, 0.2) is 61.2 Å². The molecule has 2 aromatic carbocycles. The molecule has 3 aliphatic rings. The van der Waals surface area contributed by atoms with Gasteiger partial charge < -0.3 is 0 Å². The van der Waals surface area contributed by atoms with Crippen LogP contribution in [0.3, 0.4) is 0 Å². The van der Waals surface area contributed by atoms with Crippen molar-refractivity contribution in [1.29, 1.82) is 0 Å². The van der Waals surface area contributed by atoms with Crippen LogP contribution in [0.1, 0.15) is 112 Å². The van der Waals surface area contributed by atoms with Crippen molar-refractivity contribution in [3.05, 3.63) is 89.3 Å². The first-order valence-corrected chi connectivity index (χ1v) is 14.3. The third-order valence-corrected chi connectivity index (χ3v) is 9.68. The molecule has 2 saturated carbocycles. The highest BCUT2D eigenvalue weighted by molar-refractivity contribution is 5.66. The molecule has 1 unspecified atom stereocenters. The SMILES string of the molecule is C=CC1CCC(c2ccc(C3=CCC(C4CCC(c5ccc(CC)c(F)c5)CC4)CC3)cc2)CC1. The lowest BCUT2D eigenvalue weighted by Crippen LogP contribution is -2.22. The first kappa shape index (κ1) is 24.5. The summed E-state index contributed by atoms with van der Waals surface area (Å²) in [6.07, 6.45) is 19.5. The average molecular weight is 471 g/mol. The number of rotatable bonds is 6. The first-order chi connectivity index (χ1) is 17.1. The van der Waals surface area contributed by atoms with Crippen LogP contribution in [0.25, 0.3) is 5.57 Å². The molecule has 0 aliphatic heterocycles. The molecule has 2 aromatic rings. The minimum Gasteiger partial charge on any atom is -0.207 e. The summed E-state index contributed by atoms with van der Waals surface area (Å²) in [5.41, 5.74) is 6.60. The zero-order valence-corrected chi connectivity index (χ0v) is 21.7. The van der Waals surface area contributed by atoms with Crippen LogP contribution in [0.5, 0.6) is 0 Å². The summed E-state index contributed by atoms with van der Waals surface area (Å²) in [6.45, 7) is 6.01. The summed E-state index contributed by atoms with van der Waals surface area (Å²) in [5, 5.41) is 0. The largest absolute Gasteiger partial charge is 0.207 e. The molecule has 0 heterocycles. The standard InChI is InChI=1S/C34H43F/c1-3-24-5-7-26(8-6-24)27-10-12-28(13-11-27)29-14-16-30(17-15-29)31-18-20-32(21-19-31)33-22-9-25(4-2)34(35)23-33/h3,9-14,22-24,26,30-32H,1,4-8,15-21H2,2H3. The van der Waals surface area contributed by atoms with Crippen molar-refractivity contribution in [3.63, 3.8) is 0 Å². The molecule has 0 spiro atoms. The van der Waals surface area contributed by atoms with E-state index in [0.29, 0.717) is 5.92 Å². The highest BCUT2D eigenvalue weighted by Gasteiger charge is 2.30. The third-order valence-electron chi connectivity index (χ3n) is 9.68. The second-order valence-electron chi connectivity index (χ2n) is 11.5. The first-order valence-electron chi connectivity index (χ1n) is 14.3. The lowest BCUT2D eigenvalue weighted by Gasteiger charge is -2.36. The van der Waals surface area contributed by atoms with Crippen LogP contribution in [-0.4, -0.2) is 0 Å². The molecule has 0 amide bonds. The highest BCUT2D eigenvalue weighted by atomic mass is 19.1. The lowest BCUT2D eigenvalue weighted by molar-refractivity contribution is 0.220. The molecule has 1 atom stereocenters. The Morgan fingerprint density at radius 2 is 1.46 bits per heavy atom. The van der Waals surface area contributed by atoms with Crippen LogP contribution >= 0.6 is 0 Å². The number of hydrogen-bond donors (Lipinski definition) is 0. The maximum absolute atomic E-state index is 14.3. The van der Waals surface area contributed by atoms with E-state index >= 15 is 0 Å². The molecule has 0 N–H and O–H groups in total. The van der Waals surface area contributed by atoms with Crippen LogP contribution in [0, 0.1) is 23.6 Å². The quantitative estimate of drug-likeness (QED) is 0.368. The van der Waals surface area contributed by atoms with Crippen molar-refractivity contribution in [3.8, 4) is 0 Å². The Labute approximate surface area is 212 Å². The Balaban J connectivity index is 1.13. The van der Waals surface area contributed by atoms with E-state index in [2.05, 4.69) is 49.1 Å². The maximum atomic E-state index is 14.3. The van der Waals surface area contributed by atoms with Crippen molar-refractivity contribution in [1.82, 2.24) is 0 Å². The van der Waals surface area contributed by atoms with Crippen LogP contribution in [-0.2, 0) is 6.42 Å². The van der Waals surface area contributed by atoms with Crippen molar-refractivity contribution in [2.75, 3.05) is 0 Å². The fraction of sp³-hybridized carbons (Fsp3) is 0.529. The molecule has 5 rings (SSSR count). The Bertz CT molecular complexity index is 1010. The summed E-state index contributed by atoms with van der Waals surface area (Å²) in [7, 11) is 0. The van der Waals surface area contributed by atoms with E-state index in [9.17, 15) is 4.39 Å². The number of allylic oxidation sites excluding steroid dienone is 3. The molecule has 1 heteroatoms. The van der Waals surface area contributed by atoms with Crippen LogP contribution in [0.2, 0.25) is 0 Å². The van der Waals surface area contributed by atoms with Gasteiger partial charge in [0.2, 0.25) is 0 Å². The zero-order valence-electron chi connectivity index (χ0n) is 21.7. The van der Waals surface area contributed by atoms with Gasteiger partial charge in [0, 0.05) is 0 Å². The van der Waals surface area contributed by atoms with Gasteiger partial charge in [0.25, 0.3) is 0 Å². The van der Waals surface area contributed by atoms with Gasteiger partial charge >= 0.3 is 0 Å². The molecular formula is C34H43F. The Kier molecular flexibility index (Phi) is 7.91. The van der Waals surface area contributed by atoms with E-state index in [1.54, 1.807) is 5.57 Å². The van der Waals surface area contributed by atoms with E-state index in [4.69, 9.17) is 0 Å². The van der Waals surface area contributed by atoms with Gasteiger partial charge in [0.15, 0.2) is 0 Å². The Hall–Kier alpha value is -2.15. The summed E-state index contributed by atoms with van der Waals surface area (Å²) < 4.78 is 14.3. The summed E-state index contributed by atoms with van der Waals surface area (Å²) >= 11 is 0. The van der Waals surface area contributed by atoms with Crippen molar-refractivity contribution >= 4 is 5.57 Å². The van der Waals surface area contributed by atoms with E-state index in [1.807, 2.05) is 19.1 Å². The maximum Gasteiger partial charge on any atom is 0.126 e. The fourth-order valence-electron chi connectivity index (χ4n) is 7.23. The zero-order chi connectivity index (χ0) is 24.2. The molecule has 0 aromatic heterocycles. The van der Waals surface area contributed by atoms with Crippen LogP contribution in [0.4, 0.5) is 4.39 Å². The minimum absolute atomic E-state index is 0.00909. The molecule has 35 heavy (non-hydrogen) atoms. The molecule has 0 saturated heterocycles. The molecule has 0 radical (unpaired) electrons. The van der Waals surface area contributed by atoms with Gasteiger partial charge in [-0.25, -0.2) is 4.39 Å². The molecule has 0 bridgehead atoms. The Morgan fingerprint density at radius 1 is 0.800 bits per heavy atom. The minimum atomic E-state index is -0.00909. The van der Waals surface area contributed by atoms with Gasteiger partial charge in [-0.15, -0.1) is 6.58 Å². The van der Waals surface area contributed by atoms with E-state index in [-0.39, 0.29) is 5.82 Å². The second kappa shape index (κ2) is 11.3. The smallest absolute Gasteiger partial charge is 0.126 e. The number of aryl methyl sites for hydroxylation is 1. The van der Waals surface area contributed by atoms with E-state index < -0.39 is 0 Å². The topological polar surface area (TPSA) is 0 Å².